The van der Waals surface area contributed by atoms with E-state index in [0.717, 1.165) is 32.6 Å². The molecule has 1 aliphatic heterocycles. The predicted molar refractivity (Wildman–Crippen MR) is 61.0 cm³/mol. The first-order chi connectivity index (χ1) is 7.79. The van der Waals surface area contributed by atoms with Crippen LogP contribution in [0.15, 0.2) is 0 Å². The van der Waals surface area contributed by atoms with E-state index in [0.29, 0.717) is 13.1 Å². The molecule has 0 bridgehead atoms. The maximum absolute atomic E-state index is 11.2. The van der Waals surface area contributed by atoms with Crippen molar-refractivity contribution in [1.29, 1.82) is 0 Å². The molecule has 92 valence electrons. The molecule has 0 aromatic heterocycles. The molecule has 1 rings (SSSR count). The number of carbonyl (C=O) groups excluding carboxylic acids is 2. The number of hydrogen-bond acceptors (Lipinski definition) is 4. The van der Waals surface area contributed by atoms with Crippen LogP contribution < -0.4 is 21.3 Å². The lowest BCUT2D eigenvalue weighted by Crippen LogP contribution is -2.39. The van der Waals surface area contributed by atoms with Gasteiger partial charge in [0.05, 0.1) is 0 Å². The van der Waals surface area contributed by atoms with E-state index in [1.165, 1.54) is 0 Å². The van der Waals surface area contributed by atoms with E-state index < -0.39 is 0 Å². The Morgan fingerprint density at radius 3 is 1.69 bits per heavy atom. The van der Waals surface area contributed by atoms with Crippen LogP contribution in [0.2, 0.25) is 0 Å². The van der Waals surface area contributed by atoms with Crippen LogP contribution in [0.4, 0.5) is 0 Å². The van der Waals surface area contributed by atoms with Gasteiger partial charge in [-0.2, -0.15) is 0 Å². The normalized spacial score (nSPS) is 21.8. The molecule has 2 amide bonds. The van der Waals surface area contributed by atoms with E-state index in [2.05, 4.69) is 21.3 Å². The first kappa shape index (κ1) is 12.9. The van der Waals surface area contributed by atoms with Gasteiger partial charge in [0.15, 0.2) is 0 Å². The van der Waals surface area contributed by atoms with Crippen molar-refractivity contribution in [2.75, 3.05) is 39.3 Å². The van der Waals surface area contributed by atoms with Crippen LogP contribution in [0.5, 0.6) is 0 Å². The summed E-state index contributed by atoms with van der Waals surface area (Å²) < 4.78 is 0. The van der Waals surface area contributed by atoms with Gasteiger partial charge in [0, 0.05) is 26.2 Å². The molecule has 0 aromatic carbocycles. The fourth-order valence-corrected chi connectivity index (χ4v) is 1.44. The summed E-state index contributed by atoms with van der Waals surface area (Å²) in [5.74, 6) is -0.436. The highest BCUT2D eigenvalue weighted by Gasteiger charge is 2.07. The van der Waals surface area contributed by atoms with Gasteiger partial charge in [-0.15, -0.1) is 0 Å². The molecular weight excluding hydrogens is 208 g/mol. The third-order valence-electron chi connectivity index (χ3n) is 2.28. The maximum atomic E-state index is 11.2. The zero-order valence-corrected chi connectivity index (χ0v) is 9.47. The van der Waals surface area contributed by atoms with Crippen LogP contribution >= 0.6 is 0 Å². The third kappa shape index (κ3) is 6.36. The SMILES string of the molecule is O=C1CC(=O)NCCNCCCNCCN1. The van der Waals surface area contributed by atoms with Gasteiger partial charge in [-0.3, -0.25) is 9.59 Å². The zero-order valence-electron chi connectivity index (χ0n) is 9.47. The summed E-state index contributed by atoms with van der Waals surface area (Å²) in [4.78, 5) is 22.5. The summed E-state index contributed by atoms with van der Waals surface area (Å²) >= 11 is 0. The van der Waals surface area contributed by atoms with Gasteiger partial charge in [-0.25, -0.2) is 0 Å². The molecular formula is C10H20N4O2. The lowest BCUT2D eigenvalue weighted by Gasteiger charge is -2.10. The topological polar surface area (TPSA) is 82.3 Å². The molecule has 0 saturated carbocycles. The predicted octanol–water partition coefficient (Wildman–Crippen LogP) is -1.81. The molecule has 16 heavy (non-hydrogen) atoms. The number of nitrogens with one attached hydrogen (secondary N) is 4. The average Bonchev–Trinajstić information content (AvgIpc) is 2.25. The summed E-state index contributed by atoms with van der Waals surface area (Å²) in [6.45, 7) is 4.50. The van der Waals surface area contributed by atoms with E-state index in [1.54, 1.807) is 0 Å². The van der Waals surface area contributed by atoms with E-state index in [-0.39, 0.29) is 18.2 Å². The minimum atomic E-state index is -0.218. The standard InChI is InChI=1S/C10H20N4O2/c15-9-8-10(16)14-7-5-12-3-1-2-11-4-6-13-9/h11-12H,1-8H2,(H,13,15)(H,14,16). The van der Waals surface area contributed by atoms with Gasteiger partial charge in [0.1, 0.15) is 6.42 Å². The van der Waals surface area contributed by atoms with E-state index >= 15 is 0 Å². The third-order valence-corrected chi connectivity index (χ3v) is 2.28. The van der Waals surface area contributed by atoms with E-state index in [1.807, 2.05) is 0 Å². The van der Waals surface area contributed by atoms with Gasteiger partial charge in [0.2, 0.25) is 11.8 Å². The largest absolute Gasteiger partial charge is 0.354 e. The van der Waals surface area contributed by atoms with Crippen molar-refractivity contribution in [2.24, 2.45) is 0 Å². The van der Waals surface area contributed by atoms with Crippen molar-refractivity contribution < 1.29 is 9.59 Å². The van der Waals surface area contributed by atoms with Crippen LogP contribution in [-0.2, 0) is 9.59 Å². The number of amides is 2. The molecule has 0 unspecified atom stereocenters. The Morgan fingerprint density at radius 1 is 0.688 bits per heavy atom. The van der Waals surface area contributed by atoms with Crippen LogP contribution in [0.1, 0.15) is 12.8 Å². The quantitative estimate of drug-likeness (QED) is 0.368. The first-order valence-electron chi connectivity index (χ1n) is 5.74. The van der Waals surface area contributed by atoms with Crippen LogP contribution in [-0.4, -0.2) is 51.1 Å². The Kier molecular flexibility index (Phi) is 6.52. The molecule has 0 radical (unpaired) electrons. The second-order valence-electron chi connectivity index (χ2n) is 3.73. The minimum Gasteiger partial charge on any atom is -0.354 e. The summed E-state index contributed by atoms with van der Waals surface area (Å²) in [5, 5.41) is 11.8. The van der Waals surface area contributed by atoms with E-state index in [9.17, 15) is 9.59 Å². The Balaban J connectivity index is 2.26. The molecule has 1 fully saturated rings. The summed E-state index contributed by atoms with van der Waals surface area (Å²) in [6, 6.07) is 0. The number of carbonyl (C=O) groups is 2. The van der Waals surface area contributed by atoms with Crippen molar-refractivity contribution in [3.8, 4) is 0 Å². The van der Waals surface area contributed by atoms with Crippen molar-refractivity contribution in [1.82, 2.24) is 21.3 Å². The fraction of sp³-hybridized carbons (Fsp3) is 0.800. The minimum absolute atomic E-state index is 0.0833. The molecule has 1 saturated heterocycles. The molecule has 1 heterocycles. The van der Waals surface area contributed by atoms with E-state index in [4.69, 9.17) is 0 Å². The molecule has 4 N–H and O–H groups in total. The van der Waals surface area contributed by atoms with Gasteiger partial charge in [-0.05, 0) is 19.5 Å². The second kappa shape index (κ2) is 8.06. The molecule has 0 aromatic rings. The Bertz CT molecular complexity index is 211. The monoisotopic (exact) mass is 228 g/mol. The second-order valence-corrected chi connectivity index (χ2v) is 3.73. The molecule has 6 heteroatoms. The number of hydrogen-bond donors (Lipinski definition) is 4. The highest BCUT2D eigenvalue weighted by Crippen LogP contribution is 1.81. The molecule has 0 spiro atoms. The summed E-state index contributed by atoms with van der Waals surface area (Å²) in [7, 11) is 0. The summed E-state index contributed by atoms with van der Waals surface area (Å²) in [5.41, 5.74) is 0. The van der Waals surface area contributed by atoms with Crippen molar-refractivity contribution in [2.45, 2.75) is 12.8 Å². The van der Waals surface area contributed by atoms with Gasteiger partial charge < -0.3 is 21.3 Å². The Hall–Kier alpha value is -1.14. The van der Waals surface area contributed by atoms with Crippen molar-refractivity contribution >= 4 is 11.8 Å². The van der Waals surface area contributed by atoms with Gasteiger partial charge in [0.25, 0.3) is 0 Å². The first-order valence-corrected chi connectivity index (χ1v) is 5.74. The summed E-state index contributed by atoms with van der Waals surface area (Å²) in [6.07, 6.45) is 0.960. The smallest absolute Gasteiger partial charge is 0.229 e. The maximum Gasteiger partial charge on any atom is 0.229 e. The van der Waals surface area contributed by atoms with Crippen LogP contribution in [0, 0.1) is 0 Å². The lowest BCUT2D eigenvalue weighted by molar-refractivity contribution is -0.129. The zero-order chi connectivity index (χ0) is 11.6. The highest BCUT2D eigenvalue weighted by molar-refractivity contribution is 5.96. The Morgan fingerprint density at radius 2 is 1.19 bits per heavy atom. The fourth-order valence-electron chi connectivity index (χ4n) is 1.44. The van der Waals surface area contributed by atoms with Gasteiger partial charge >= 0.3 is 0 Å². The van der Waals surface area contributed by atoms with Crippen molar-refractivity contribution in [3.05, 3.63) is 0 Å². The lowest BCUT2D eigenvalue weighted by atomic mass is 10.3. The number of rotatable bonds is 0. The van der Waals surface area contributed by atoms with Crippen molar-refractivity contribution in [3.63, 3.8) is 0 Å². The molecule has 1 aliphatic rings. The van der Waals surface area contributed by atoms with Crippen LogP contribution in [0.3, 0.4) is 0 Å². The van der Waals surface area contributed by atoms with Gasteiger partial charge in [-0.1, -0.05) is 0 Å². The highest BCUT2D eigenvalue weighted by atomic mass is 16.2. The molecule has 0 atom stereocenters. The van der Waals surface area contributed by atoms with Crippen LogP contribution in [0.25, 0.3) is 0 Å². The molecule has 6 nitrogen and oxygen atoms in total. The average molecular weight is 228 g/mol. The Labute approximate surface area is 95.5 Å². The molecule has 0 aliphatic carbocycles.